The molecule has 1 aromatic heterocycles. The summed E-state index contributed by atoms with van der Waals surface area (Å²) in [7, 11) is 0. The lowest BCUT2D eigenvalue weighted by atomic mass is 10.3. The molecular weight excluding hydrogens is 218 g/mol. The van der Waals surface area contributed by atoms with Crippen molar-refractivity contribution in [3.05, 3.63) is 17.5 Å². The molecule has 3 N–H and O–H groups in total. The molecule has 1 aromatic rings. The summed E-state index contributed by atoms with van der Waals surface area (Å²) in [4.78, 5) is 14.0. The van der Waals surface area contributed by atoms with Gasteiger partial charge in [0, 0.05) is 45.0 Å². The zero-order chi connectivity index (χ0) is 12.1. The Balaban J connectivity index is 1.69. The Kier molecular flexibility index (Phi) is 4.11. The predicted molar refractivity (Wildman–Crippen MR) is 65.0 cm³/mol. The zero-order valence-corrected chi connectivity index (χ0v) is 10.1. The second-order valence-corrected chi connectivity index (χ2v) is 4.28. The number of piperazine rings is 1. The molecule has 1 saturated heterocycles. The van der Waals surface area contributed by atoms with Crippen molar-refractivity contribution in [1.82, 2.24) is 25.7 Å². The summed E-state index contributed by atoms with van der Waals surface area (Å²) in [6.45, 7) is 7.62. The van der Waals surface area contributed by atoms with Crippen LogP contribution < -0.4 is 10.6 Å². The van der Waals surface area contributed by atoms with Gasteiger partial charge in [0.1, 0.15) is 5.69 Å². The maximum atomic E-state index is 11.7. The van der Waals surface area contributed by atoms with E-state index in [1.807, 2.05) is 6.92 Å². The van der Waals surface area contributed by atoms with Crippen LogP contribution in [-0.2, 0) is 0 Å². The van der Waals surface area contributed by atoms with Crippen LogP contribution >= 0.6 is 0 Å². The van der Waals surface area contributed by atoms with Crippen LogP contribution in [0.15, 0.2) is 6.07 Å². The van der Waals surface area contributed by atoms with E-state index in [1.165, 1.54) is 0 Å². The third kappa shape index (κ3) is 3.54. The van der Waals surface area contributed by atoms with Gasteiger partial charge in [-0.15, -0.1) is 0 Å². The number of hydrogen-bond donors (Lipinski definition) is 3. The molecule has 0 radical (unpaired) electrons. The Bertz CT molecular complexity index is 370. The maximum Gasteiger partial charge on any atom is 0.271 e. The van der Waals surface area contributed by atoms with E-state index in [0.29, 0.717) is 12.2 Å². The molecule has 2 heterocycles. The molecule has 0 spiro atoms. The average molecular weight is 237 g/mol. The molecule has 1 aliphatic rings. The fourth-order valence-corrected chi connectivity index (χ4v) is 1.89. The van der Waals surface area contributed by atoms with Gasteiger partial charge in [0.2, 0.25) is 0 Å². The molecule has 1 aliphatic heterocycles. The van der Waals surface area contributed by atoms with E-state index >= 15 is 0 Å². The topological polar surface area (TPSA) is 73.1 Å². The van der Waals surface area contributed by atoms with Crippen LogP contribution in [0.25, 0.3) is 0 Å². The van der Waals surface area contributed by atoms with Crippen LogP contribution in [0, 0.1) is 6.92 Å². The van der Waals surface area contributed by atoms with Gasteiger partial charge < -0.3 is 10.6 Å². The van der Waals surface area contributed by atoms with E-state index in [-0.39, 0.29) is 5.91 Å². The highest BCUT2D eigenvalue weighted by molar-refractivity contribution is 5.92. The van der Waals surface area contributed by atoms with Gasteiger partial charge in [0.15, 0.2) is 0 Å². The monoisotopic (exact) mass is 237 g/mol. The minimum Gasteiger partial charge on any atom is -0.349 e. The first-order valence-electron chi connectivity index (χ1n) is 5.99. The standard InChI is InChI=1S/C11H19N5O/c1-9-8-10(15-14-9)11(17)13-4-7-16-5-2-12-3-6-16/h8,12H,2-7H2,1H3,(H,13,17)(H,14,15). The second-order valence-electron chi connectivity index (χ2n) is 4.28. The lowest BCUT2D eigenvalue weighted by molar-refractivity contribution is 0.0942. The fraction of sp³-hybridized carbons (Fsp3) is 0.636. The number of nitrogens with one attached hydrogen (secondary N) is 3. The van der Waals surface area contributed by atoms with Crippen molar-refractivity contribution in [3.8, 4) is 0 Å². The SMILES string of the molecule is Cc1cc(C(=O)NCCN2CCNCC2)n[nH]1. The van der Waals surface area contributed by atoms with E-state index < -0.39 is 0 Å². The zero-order valence-electron chi connectivity index (χ0n) is 10.1. The molecule has 6 heteroatoms. The van der Waals surface area contributed by atoms with Gasteiger partial charge in [0.25, 0.3) is 5.91 Å². The van der Waals surface area contributed by atoms with E-state index in [0.717, 1.165) is 38.4 Å². The molecule has 1 amide bonds. The highest BCUT2D eigenvalue weighted by atomic mass is 16.1. The minimum absolute atomic E-state index is 0.107. The Morgan fingerprint density at radius 1 is 1.53 bits per heavy atom. The molecule has 94 valence electrons. The Hall–Kier alpha value is -1.40. The van der Waals surface area contributed by atoms with E-state index in [9.17, 15) is 4.79 Å². The van der Waals surface area contributed by atoms with Crippen molar-refractivity contribution in [2.45, 2.75) is 6.92 Å². The van der Waals surface area contributed by atoms with Crippen LogP contribution in [0.3, 0.4) is 0 Å². The van der Waals surface area contributed by atoms with Crippen molar-refractivity contribution in [1.29, 1.82) is 0 Å². The third-order valence-corrected chi connectivity index (χ3v) is 2.86. The van der Waals surface area contributed by atoms with E-state index in [4.69, 9.17) is 0 Å². The van der Waals surface area contributed by atoms with E-state index in [2.05, 4.69) is 25.7 Å². The molecular formula is C11H19N5O. The van der Waals surface area contributed by atoms with Gasteiger partial charge in [-0.25, -0.2) is 0 Å². The highest BCUT2D eigenvalue weighted by Gasteiger charge is 2.11. The number of hydrogen-bond acceptors (Lipinski definition) is 4. The maximum absolute atomic E-state index is 11.7. The summed E-state index contributed by atoms with van der Waals surface area (Å²) < 4.78 is 0. The molecule has 0 aliphatic carbocycles. The van der Waals surface area contributed by atoms with E-state index in [1.54, 1.807) is 6.07 Å². The number of H-pyrrole nitrogens is 1. The number of nitrogens with zero attached hydrogens (tertiary/aromatic N) is 2. The molecule has 0 bridgehead atoms. The predicted octanol–water partition coefficient (Wildman–Crippen LogP) is -0.647. The van der Waals surface area contributed by atoms with Crippen molar-refractivity contribution < 1.29 is 4.79 Å². The molecule has 1 fully saturated rings. The van der Waals surface area contributed by atoms with Crippen LogP contribution in [0.1, 0.15) is 16.2 Å². The number of carbonyl (C=O) groups excluding carboxylic acids is 1. The Morgan fingerprint density at radius 3 is 2.94 bits per heavy atom. The number of carbonyl (C=O) groups is 1. The summed E-state index contributed by atoms with van der Waals surface area (Å²) >= 11 is 0. The van der Waals surface area contributed by atoms with Crippen molar-refractivity contribution >= 4 is 5.91 Å². The van der Waals surface area contributed by atoms with Gasteiger partial charge in [-0.1, -0.05) is 0 Å². The normalized spacial score (nSPS) is 17.0. The van der Waals surface area contributed by atoms with Gasteiger partial charge in [-0.3, -0.25) is 14.8 Å². The van der Waals surface area contributed by atoms with Crippen LogP contribution in [0.2, 0.25) is 0 Å². The van der Waals surface area contributed by atoms with Gasteiger partial charge in [-0.2, -0.15) is 5.10 Å². The fourth-order valence-electron chi connectivity index (χ4n) is 1.89. The number of rotatable bonds is 4. The Labute approximate surface area is 101 Å². The number of aryl methyl sites for hydroxylation is 1. The van der Waals surface area contributed by atoms with Crippen molar-refractivity contribution in [3.63, 3.8) is 0 Å². The largest absolute Gasteiger partial charge is 0.349 e. The Morgan fingerprint density at radius 2 is 2.29 bits per heavy atom. The second kappa shape index (κ2) is 5.79. The summed E-state index contributed by atoms with van der Waals surface area (Å²) in [5.41, 5.74) is 1.36. The number of amides is 1. The number of aromatic amines is 1. The smallest absolute Gasteiger partial charge is 0.271 e. The molecule has 0 saturated carbocycles. The first-order valence-corrected chi connectivity index (χ1v) is 5.99. The third-order valence-electron chi connectivity index (χ3n) is 2.86. The summed E-state index contributed by atoms with van der Waals surface area (Å²) in [6.07, 6.45) is 0. The summed E-state index contributed by atoms with van der Waals surface area (Å²) in [5, 5.41) is 12.9. The number of aromatic nitrogens is 2. The average Bonchev–Trinajstić information content (AvgIpc) is 2.77. The lowest BCUT2D eigenvalue weighted by Crippen LogP contribution is -2.46. The quantitative estimate of drug-likeness (QED) is 0.651. The van der Waals surface area contributed by atoms with Crippen molar-refractivity contribution in [2.24, 2.45) is 0 Å². The summed E-state index contributed by atoms with van der Waals surface area (Å²) in [5.74, 6) is -0.107. The molecule has 2 rings (SSSR count). The van der Waals surface area contributed by atoms with Crippen molar-refractivity contribution in [2.75, 3.05) is 39.3 Å². The van der Waals surface area contributed by atoms with Gasteiger partial charge in [-0.05, 0) is 13.0 Å². The lowest BCUT2D eigenvalue weighted by Gasteiger charge is -2.26. The molecule has 0 unspecified atom stereocenters. The highest BCUT2D eigenvalue weighted by Crippen LogP contribution is 1.97. The van der Waals surface area contributed by atoms with Gasteiger partial charge >= 0.3 is 0 Å². The summed E-state index contributed by atoms with van der Waals surface area (Å²) in [6, 6.07) is 1.75. The van der Waals surface area contributed by atoms with Crippen LogP contribution in [-0.4, -0.2) is 60.3 Å². The van der Waals surface area contributed by atoms with Gasteiger partial charge in [0.05, 0.1) is 0 Å². The molecule has 17 heavy (non-hydrogen) atoms. The molecule has 6 nitrogen and oxygen atoms in total. The first-order chi connectivity index (χ1) is 8.25. The minimum atomic E-state index is -0.107. The van der Waals surface area contributed by atoms with Crippen LogP contribution in [0.5, 0.6) is 0 Å². The van der Waals surface area contributed by atoms with Crippen LogP contribution in [0.4, 0.5) is 0 Å². The molecule has 0 atom stereocenters. The molecule has 0 aromatic carbocycles. The first kappa shape index (κ1) is 12.1.